The van der Waals surface area contributed by atoms with Gasteiger partial charge in [-0.15, -0.1) is 0 Å². The van der Waals surface area contributed by atoms with Crippen LogP contribution in [-0.4, -0.2) is 61.1 Å². The number of carbonyl (C=O) groups excluding carboxylic acids is 1. The molecular weight excluding hydrogens is 400 g/mol. The Balaban J connectivity index is 1.16. The minimum Gasteiger partial charge on any atom is -0.489 e. The van der Waals surface area contributed by atoms with Crippen molar-refractivity contribution < 1.29 is 14.3 Å². The lowest BCUT2D eigenvalue weighted by Crippen LogP contribution is -2.49. The second kappa shape index (κ2) is 11.5. The van der Waals surface area contributed by atoms with Gasteiger partial charge in [0.15, 0.2) is 0 Å². The van der Waals surface area contributed by atoms with Crippen molar-refractivity contribution in [3.05, 3.63) is 65.7 Å². The predicted molar refractivity (Wildman–Crippen MR) is 127 cm³/mol. The molecule has 0 atom stereocenters. The third-order valence-corrected chi connectivity index (χ3v) is 6.94. The number of nitrogens with zero attached hydrogens (tertiary/aromatic N) is 2. The summed E-state index contributed by atoms with van der Waals surface area (Å²) in [7, 11) is 1.82. The van der Waals surface area contributed by atoms with Gasteiger partial charge in [0.1, 0.15) is 12.4 Å². The van der Waals surface area contributed by atoms with E-state index in [4.69, 9.17) is 9.47 Å². The molecule has 5 heteroatoms. The molecule has 172 valence electrons. The largest absolute Gasteiger partial charge is 0.489 e. The van der Waals surface area contributed by atoms with Crippen LogP contribution in [0.25, 0.3) is 0 Å². The van der Waals surface area contributed by atoms with Crippen molar-refractivity contribution in [2.75, 3.05) is 33.3 Å². The van der Waals surface area contributed by atoms with E-state index in [9.17, 15) is 4.79 Å². The van der Waals surface area contributed by atoms with E-state index in [1.54, 1.807) is 0 Å². The van der Waals surface area contributed by atoms with Crippen molar-refractivity contribution in [2.24, 2.45) is 0 Å². The summed E-state index contributed by atoms with van der Waals surface area (Å²) >= 11 is 0. The SMILES string of the molecule is COC1CCN(C2CCN(C(=O)CCc3ccc(OCc4ccccc4)cc3)CC2)CC1. The first-order chi connectivity index (χ1) is 15.7. The van der Waals surface area contributed by atoms with Crippen LogP contribution in [0.5, 0.6) is 5.75 Å². The maximum atomic E-state index is 12.7. The molecule has 1 amide bonds. The van der Waals surface area contributed by atoms with E-state index >= 15 is 0 Å². The van der Waals surface area contributed by atoms with Crippen LogP contribution in [0, 0.1) is 0 Å². The van der Waals surface area contributed by atoms with Crippen molar-refractivity contribution in [2.45, 2.75) is 57.3 Å². The predicted octanol–water partition coefficient (Wildman–Crippen LogP) is 4.30. The van der Waals surface area contributed by atoms with Crippen LogP contribution in [0.1, 0.15) is 43.2 Å². The molecule has 32 heavy (non-hydrogen) atoms. The monoisotopic (exact) mass is 436 g/mol. The fourth-order valence-electron chi connectivity index (χ4n) is 4.86. The smallest absolute Gasteiger partial charge is 0.222 e. The van der Waals surface area contributed by atoms with Gasteiger partial charge in [-0.05, 0) is 55.4 Å². The summed E-state index contributed by atoms with van der Waals surface area (Å²) in [6.45, 7) is 4.60. The average Bonchev–Trinajstić information content (AvgIpc) is 2.87. The Hall–Kier alpha value is -2.37. The van der Waals surface area contributed by atoms with Crippen LogP contribution in [0.15, 0.2) is 54.6 Å². The van der Waals surface area contributed by atoms with E-state index in [2.05, 4.69) is 34.1 Å². The number of aryl methyl sites for hydroxylation is 1. The third kappa shape index (κ3) is 6.33. The molecule has 0 spiro atoms. The molecule has 2 saturated heterocycles. The van der Waals surface area contributed by atoms with E-state index in [1.165, 1.54) is 5.56 Å². The van der Waals surface area contributed by atoms with Gasteiger partial charge in [0, 0.05) is 45.8 Å². The third-order valence-electron chi connectivity index (χ3n) is 6.94. The van der Waals surface area contributed by atoms with Crippen molar-refractivity contribution in [1.29, 1.82) is 0 Å². The van der Waals surface area contributed by atoms with Crippen molar-refractivity contribution >= 4 is 5.91 Å². The molecule has 2 aromatic rings. The molecule has 0 radical (unpaired) electrons. The minimum absolute atomic E-state index is 0.283. The number of ether oxygens (including phenoxy) is 2. The fourth-order valence-corrected chi connectivity index (χ4v) is 4.86. The molecule has 4 rings (SSSR count). The Bertz CT molecular complexity index is 824. The molecule has 0 N–H and O–H groups in total. The number of likely N-dealkylation sites (tertiary alicyclic amines) is 2. The quantitative estimate of drug-likeness (QED) is 0.619. The molecule has 2 aliphatic rings. The van der Waals surface area contributed by atoms with Gasteiger partial charge in [-0.3, -0.25) is 4.79 Å². The highest BCUT2D eigenvalue weighted by molar-refractivity contribution is 5.76. The number of methoxy groups -OCH3 is 1. The summed E-state index contributed by atoms with van der Waals surface area (Å²) in [4.78, 5) is 17.4. The summed E-state index contributed by atoms with van der Waals surface area (Å²) < 4.78 is 11.3. The second-order valence-electron chi connectivity index (χ2n) is 9.00. The average molecular weight is 437 g/mol. The van der Waals surface area contributed by atoms with E-state index in [1.807, 2.05) is 37.4 Å². The van der Waals surface area contributed by atoms with Gasteiger partial charge in [0.25, 0.3) is 0 Å². The van der Waals surface area contributed by atoms with Gasteiger partial charge in [-0.25, -0.2) is 0 Å². The van der Waals surface area contributed by atoms with Crippen molar-refractivity contribution in [3.8, 4) is 5.75 Å². The molecule has 0 bridgehead atoms. The number of hydrogen-bond donors (Lipinski definition) is 0. The maximum absolute atomic E-state index is 12.7. The van der Waals surface area contributed by atoms with Crippen LogP contribution >= 0.6 is 0 Å². The van der Waals surface area contributed by atoms with Gasteiger partial charge in [0.05, 0.1) is 6.10 Å². The van der Waals surface area contributed by atoms with Gasteiger partial charge in [-0.2, -0.15) is 0 Å². The molecular formula is C27H36N2O3. The number of benzene rings is 2. The fraction of sp³-hybridized carbons (Fsp3) is 0.519. The molecule has 0 aliphatic carbocycles. The molecule has 0 saturated carbocycles. The maximum Gasteiger partial charge on any atom is 0.222 e. The minimum atomic E-state index is 0.283. The van der Waals surface area contributed by atoms with Crippen molar-refractivity contribution in [3.63, 3.8) is 0 Å². The molecule has 5 nitrogen and oxygen atoms in total. The van der Waals surface area contributed by atoms with Gasteiger partial charge < -0.3 is 19.3 Å². The highest BCUT2D eigenvalue weighted by atomic mass is 16.5. The Morgan fingerprint density at radius 2 is 1.56 bits per heavy atom. The zero-order valence-corrected chi connectivity index (χ0v) is 19.2. The van der Waals surface area contributed by atoms with Crippen LogP contribution in [-0.2, 0) is 22.6 Å². The molecule has 2 aromatic carbocycles. The lowest BCUT2D eigenvalue weighted by atomic mass is 9.98. The number of rotatable bonds is 8. The zero-order chi connectivity index (χ0) is 22.2. The number of piperidine rings is 2. The number of hydrogen-bond acceptors (Lipinski definition) is 4. The Kier molecular flexibility index (Phi) is 8.18. The van der Waals surface area contributed by atoms with Gasteiger partial charge in [-0.1, -0.05) is 42.5 Å². The van der Waals surface area contributed by atoms with Crippen LogP contribution in [0.3, 0.4) is 0 Å². The molecule has 2 aliphatic heterocycles. The Labute approximate surface area is 192 Å². The Morgan fingerprint density at radius 1 is 0.875 bits per heavy atom. The molecule has 2 fully saturated rings. The zero-order valence-electron chi connectivity index (χ0n) is 19.2. The van der Waals surface area contributed by atoms with Crippen LogP contribution in [0.2, 0.25) is 0 Å². The highest BCUT2D eigenvalue weighted by Crippen LogP contribution is 2.23. The van der Waals surface area contributed by atoms with E-state index in [0.717, 1.165) is 69.6 Å². The number of carbonyl (C=O) groups is 1. The first-order valence-electron chi connectivity index (χ1n) is 12.0. The Morgan fingerprint density at radius 3 is 2.22 bits per heavy atom. The highest BCUT2D eigenvalue weighted by Gasteiger charge is 2.29. The van der Waals surface area contributed by atoms with Crippen LogP contribution in [0.4, 0.5) is 0 Å². The lowest BCUT2D eigenvalue weighted by molar-refractivity contribution is -0.132. The molecule has 2 heterocycles. The summed E-state index contributed by atoms with van der Waals surface area (Å²) in [5.41, 5.74) is 2.34. The summed E-state index contributed by atoms with van der Waals surface area (Å²) in [6, 6.07) is 18.9. The lowest BCUT2D eigenvalue weighted by Gasteiger charge is -2.41. The standard InChI is InChI=1S/C27H36N2O3/c1-31-25-15-19-28(20-16-25)24-13-17-29(18-14-24)27(30)12-9-22-7-10-26(11-8-22)32-21-23-5-3-2-4-6-23/h2-8,10-11,24-25H,9,12-21H2,1H3. The second-order valence-corrected chi connectivity index (χ2v) is 9.00. The van der Waals surface area contributed by atoms with Crippen molar-refractivity contribution in [1.82, 2.24) is 9.80 Å². The summed E-state index contributed by atoms with van der Waals surface area (Å²) in [5, 5.41) is 0. The summed E-state index contributed by atoms with van der Waals surface area (Å²) in [5.74, 6) is 1.14. The van der Waals surface area contributed by atoms with Gasteiger partial charge in [0.2, 0.25) is 5.91 Å². The normalized spacial score (nSPS) is 18.6. The topological polar surface area (TPSA) is 42.0 Å². The van der Waals surface area contributed by atoms with E-state index in [0.29, 0.717) is 25.2 Å². The first-order valence-corrected chi connectivity index (χ1v) is 12.0. The van der Waals surface area contributed by atoms with E-state index in [-0.39, 0.29) is 5.91 Å². The first kappa shape index (κ1) is 22.8. The molecule has 0 unspecified atom stereocenters. The number of amides is 1. The van der Waals surface area contributed by atoms with Crippen LogP contribution < -0.4 is 4.74 Å². The van der Waals surface area contributed by atoms with E-state index < -0.39 is 0 Å². The molecule has 0 aromatic heterocycles. The van der Waals surface area contributed by atoms with Gasteiger partial charge >= 0.3 is 0 Å². The summed E-state index contributed by atoms with van der Waals surface area (Å²) in [6.07, 6.45) is 6.24.